The topological polar surface area (TPSA) is 17.1 Å². The van der Waals surface area contributed by atoms with E-state index in [1.807, 2.05) is 6.07 Å². The second-order valence-electron chi connectivity index (χ2n) is 3.43. The maximum atomic E-state index is 11.2. The van der Waals surface area contributed by atoms with Crippen LogP contribution in [0.25, 0.3) is 18.2 Å². The Labute approximate surface area is 75.7 Å². The number of benzene rings is 1. The number of carbonyl (C=O) groups is 1. The van der Waals surface area contributed by atoms with Crippen LogP contribution in [0.2, 0.25) is 0 Å². The minimum atomic E-state index is 0.121. The Bertz CT molecular complexity index is 547. The van der Waals surface area contributed by atoms with E-state index in [2.05, 4.69) is 18.2 Å². The van der Waals surface area contributed by atoms with Gasteiger partial charge in [0.2, 0.25) is 0 Å². The van der Waals surface area contributed by atoms with E-state index in [4.69, 9.17) is 0 Å². The van der Waals surface area contributed by atoms with Crippen LogP contribution in [-0.4, -0.2) is 5.78 Å². The van der Waals surface area contributed by atoms with Gasteiger partial charge in [0.15, 0.2) is 5.78 Å². The summed E-state index contributed by atoms with van der Waals surface area (Å²) in [4.78, 5) is 11.2. The number of Topliss-reactive ketones (excluding diaryl/α,β-unsaturated/α-hetero) is 1. The lowest BCUT2D eigenvalue weighted by Gasteiger charge is -1.97. The standard InChI is InChI=1S/C12H8O/c13-10-6-9-5-4-8-2-1-3-11(8)12(9)7-10/h1-2,4-7H,3H2. The normalized spacial score (nSPS) is 16.5. The van der Waals surface area contributed by atoms with Crippen molar-refractivity contribution < 1.29 is 4.79 Å². The van der Waals surface area contributed by atoms with Gasteiger partial charge in [-0.15, -0.1) is 0 Å². The molecular weight excluding hydrogens is 160 g/mol. The smallest absolute Gasteiger partial charge is 0.179 e. The van der Waals surface area contributed by atoms with Crippen LogP contribution in [0.1, 0.15) is 11.1 Å². The molecule has 0 saturated heterocycles. The Morgan fingerprint density at radius 1 is 1.15 bits per heavy atom. The monoisotopic (exact) mass is 168 g/mol. The van der Waals surface area contributed by atoms with Crippen molar-refractivity contribution in [2.24, 2.45) is 0 Å². The van der Waals surface area contributed by atoms with Crippen molar-refractivity contribution in [3.05, 3.63) is 39.8 Å². The molecule has 0 aromatic heterocycles. The van der Waals surface area contributed by atoms with E-state index >= 15 is 0 Å². The summed E-state index contributed by atoms with van der Waals surface area (Å²) in [6, 6.07) is 4.10. The Morgan fingerprint density at radius 3 is 3.00 bits per heavy atom. The van der Waals surface area contributed by atoms with Crippen LogP contribution in [0, 0.1) is 0 Å². The van der Waals surface area contributed by atoms with Gasteiger partial charge in [0.05, 0.1) is 0 Å². The first kappa shape index (κ1) is 6.84. The number of rotatable bonds is 0. The van der Waals surface area contributed by atoms with Crippen LogP contribution < -0.4 is 10.4 Å². The highest BCUT2D eigenvalue weighted by atomic mass is 16.1. The second kappa shape index (κ2) is 2.19. The van der Waals surface area contributed by atoms with E-state index in [1.54, 1.807) is 12.2 Å². The van der Waals surface area contributed by atoms with E-state index in [0.717, 1.165) is 16.9 Å². The third-order valence-electron chi connectivity index (χ3n) is 2.63. The summed E-state index contributed by atoms with van der Waals surface area (Å²) in [6.07, 6.45) is 8.67. The third-order valence-corrected chi connectivity index (χ3v) is 2.63. The van der Waals surface area contributed by atoms with Crippen LogP contribution in [-0.2, 0) is 11.2 Å². The molecule has 0 unspecified atom stereocenters. The molecule has 1 heteroatoms. The lowest BCUT2D eigenvalue weighted by molar-refractivity contribution is -0.107. The number of allylic oxidation sites excluding steroid dienone is 1. The zero-order chi connectivity index (χ0) is 8.84. The first-order valence-electron chi connectivity index (χ1n) is 4.40. The minimum Gasteiger partial charge on any atom is -0.290 e. The predicted molar refractivity (Wildman–Crippen MR) is 52.4 cm³/mol. The molecule has 0 N–H and O–H groups in total. The molecule has 0 saturated carbocycles. The number of carbonyl (C=O) groups excluding carboxylic acids is 1. The zero-order valence-corrected chi connectivity index (χ0v) is 7.08. The molecule has 1 nitrogen and oxygen atoms in total. The lowest BCUT2D eigenvalue weighted by atomic mass is 10.1. The number of hydrogen-bond acceptors (Lipinski definition) is 1. The maximum Gasteiger partial charge on any atom is 0.179 e. The Kier molecular flexibility index (Phi) is 1.15. The van der Waals surface area contributed by atoms with Crippen LogP contribution in [0.15, 0.2) is 18.2 Å². The van der Waals surface area contributed by atoms with Crippen molar-refractivity contribution in [2.75, 3.05) is 0 Å². The van der Waals surface area contributed by atoms with Gasteiger partial charge in [-0.25, -0.2) is 0 Å². The van der Waals surface area contributed by atoms with Gasteiger partial charge in [-0.05, 0) is 40.1 Å². The molecule has 0 heterocycles. The first-order chi connectivity index (χ1) is 6.34. The molecular formula is C12H8O. The Balaban J connectivity index is 2.50. The van der Waals surface area contributed by atoms with Crippen LogP contribution in [0.5, 0.6) is 0 Å². The molecule has 1 aromatic rings. The maximum absolute atomic E-state index is 11.2. The number of ketones is 1. The van der Waals surface area contributed by atoms with Crippen molar-refractivity contribution in [3.8, 4) is 0 Å². The van der Waals surface area contributed by atoms with Crippen LogP contribution >= 0.6 is 0 Å². The van der Waals surface area contributed by atoms with Crippen LogP contribution in [0.3, 0.4) is 0 Å². The van der Waals surface area contributed by atoms with E-state index in [-0.39, 0.29) is 5.78 Å². The molecule has 0 atom stereocenters. The summed E-state index contributed by atoms with van der Waals surface area (Å²) in [5.41, 5.74) is 2.57. The van der Waals surface area contributed by atoms with Crippen molar-refractivity contribution in [1.29, 1.82) is 0 Å². The van der Waals surface area contributed by atoms with Gasteiger partial charge in [0.1, 0.15) is 0 Å². The summed E-state index contributed by atoms with van der Waals surface area (Å²) in [5.74, 6) is 0.121. The molecule has 3 rings (SSSR count). The van der Waals surface area contributed by atoms with Gasteiger partial charge in [0.25, 0.3) is 0 Å². The van der Waals surface area contributed by atoms with Gasteiger partial charge < -0.3 is 0 Å². The molecule has 1 aromatic carbocycles. The molecule has 0 spiro atoms. The first-order valence-corrected chi connectivity index (χ1v) is 4.40. The van der Waals surface area contributed by atoms with E-state index in [0.29, 0.717) is 0 Å². The van der Waals surface area contributed by atoms with Gasteiger partial charge in [-0.3, -0.25) is 4.79 Å². The second-order valence-corrected chi connectivity index (χ2v) is 3.43. The fraction of sp³-hybridized carbons (Fsp3) is 0.0833. The Morgan fingerprint density at radius 2 is 2.08 bits per heavy atom. The predicted octanol–water partition coefficient (Wildman–Crippen LogP) is 0.400. The van der Waals surface area contributed by atoms with E-state index in [1.165, 1.54) is 11.1 Å². The van der Waals surface area contributed by atoms with Gasteiger partial charge in [0, 0.05) is 0 Å². The average molecular weight is 168 g/mol. The summed E-state index contributed by atoms with van der Waals surface area (Å²) in [5, 5.41) is 2.21. The highest BCUT2D eigenvalue weighted by molar-refractivity contribution is 6.26. The zero-order valence-electron chi connectivity index (χ0n) is 7.08. The van der Waals surface area contributed by atoms with Gasteiger partial charge >= 0.3 is 0 Å². The van der Waals surface area contributed by atoms with Gasteiger partial charge in [-0.2, -0.15) is 0 Å². The molecule has 13 heavy (non-hydrogen) atoms. The van der Waals surface area contributed by atoms with E-state index in [9.17, 15) is 4.79 Å². The van der Waals surface area contributed by atoms with Crippen LogP contribution in [0.4, 0.5) is 0 Å². The summed E-state index contributed by atoms with van der Waals surface area (Å²) >= 11 is 0. The summed E-state index contributed by atoms with van der Waals surface area (Å²) in [6.45, 7) is 0. The average Bonchev–Trinajstić information content (AvgIpc) is 2.65. The Hall–Kier alpha value is -1.63. The highest BCUT2D eigenvalue weighted by Crippen LogP contribution is 2.14. The molecule has 62 valence electrons. The third kappa shape index (κ3) is 0.842. The molecule has 0 aliphatic heterocycles. The molecule has 2 aliphatic carbocycles. The largest absolute Gasteiger partial charge is 0.290 e. The summed E-state index contributed by atoms with van der Waals surface area (Å²) < 4.78 is 0. The molecule has 0 radical (unpaired) electrons. The molecule has 0 amide bonds. The SMILES string of the molecule is O=C1C=c2ccc3c(c2=C1)CC=C3. The van der Waals surface area contributed by atoms with Crippen molar-refractivity contribution in [1.82, 2.24) is 0 Å². The van der Waals surface area contributed by atoms with Crippen molar-refractivity contribution in [2.45, 2.75) is 6.42 Å². The summed E-state index contributed by atoms with van der Waals surface area (Å²) in [7, 11) is 0. The number of hydrogen-bond donors (Lipinski definition) is 0. The highest BCUT2D eigenvalue weighted by Gasteiger charge is 2.10. The van der Waals surface area contributed by atoms with E-state index < -0.39 is 0 Å². The number of fused-ring (bicyclic) bond motifs is 3. The minimum absolute atomic E-state index is 0.121. The lowest BCUT2D eigenvalue weighted by Crippen LogP contribution is -2.25. The van der Waals surface area contributed by atoms with Gasteiger partial charge in [-0.1, -0.05) is 24.3 Å². The quantitative estimate of drug-likeness (QED) is 0.548. The van der Waals surface area contributed by atoms with Crippen molar-refractivity contribution in [3.63, 3.8) is 0 Å². The fourth-order valence-corrected chi connectivity index (χ4v) is 2.02. The van der Waals surface area contributed by atoms with Crippen molar-refractivity contribution >= 4 is 24.0 Å². The molecule has 2 aliphatic rings. The molecule has 0 fully saturated rings. The fourth-order valence-electron chi connectivity index (χ4n) is 2.02. The molecule has 0 bridgehead atoms.